The van der Waals surface area contributed by atoms with E-state index in [1.165, 1.54) is 42.9 Å². The van der Waals surface area contributed by atoms with E-state index < -0.39 is 11.7 Å². The number of carbonyl (C=O) groups is 1. The number of alkyl halides is 3. The Morgan fingerprint density at radius 3 is 2.15 bits per heavy atom. The van der Waals surface area contributed by atoms with E-state index in [0.29, 0.717) is 21.6 Å². The molecule has 142 valence electrons. The van der Waals surface area contributed by atoms with Crippen molar-refractivity contribution >= 4 is 35.1 Å². The smallest absolute Gasteiger partial charge is 0.326 e. The second-order valence-corrected chi connectivity index (χ2v) is 10.5. The Morgan fingerprint density at radius 1 is 1.04 bits per heavy atom. The summed E-state index contributed by atoms with van der Waals surface area (Å²) in [6.07, 6.45) is 1.10. The molecule has 4 rings (SSSR count). The van der Waals surface area contributed by atoms with E-state index in [0.717, 1.165) is 25.0 Å². The van der Waals surface area contributed by atoms with Crippen molar-refractivity contribution in [3.8, 4) is 0 Å². The minimum atomic E-state index is -4.35. The predicted octanol–water partition coefficient (Wildman–Crippen LogP) is 5.65. The topological polar surface area (TPSA) is 29.1 Å². The molecule has 2 nitrogen and oxygen atoms in total. The van der Waals surface area contributed by atoms with E-state index in [1.54, 1.807) is 0 Å². The highest BCUT2D eigenvalue weighted by Crippen LogP contribution is 2.64. The summed E-state index contributed by atoms with van der Waals surface area (Å²) < 4.78 is 38.3. The van der Waals surface area contributed by atoms with Gasteiger partial charge in [-0.1, -0.05) is 6.42 Å². The molecular formula is C19H22F3NOS2. The van der Waals surface area contributed by atoms with Gasteiger partial charge >= 0.3 is 6.18 Å². The van der Waals surface area contributed by atoms with Crippen molar-refractivity contribution in [2.75, 3.05) is 16.8 Å². The molecule has 3 aliphatic rings. The summed E-state index contributed by atoms with van der Waals surface area (Å²) in [5, 5.41) is 2.84. The minimum Gasteiger partial charge on any atom is -0.326 e. The first-order valence-corrected chi connectivity index (χ1v) is 11.1. The molecule has 3 fully saturated rings. The molecule has 0 radical (unpaired) electrons. The SMILES string of the molecule is O=C(Nc1ccc(C(F)(F)F)cc1)C1C[C@H]2CCC[C@@H](C1)C21SCCS1. The van der Waals surface area contributed by atoms with Gasteiger partial charge in [-0.05, 0) is 61.8 Å². The van der Waals surface area contributed by atoms with Crippen LogP contribution in [-0.2, 0) is 11.0 Å². The first kappa shape index (κ1) is 18.5. The standard InChI is InChI=1S/C19H22F3NOS2/c20-19(21,22)13-4-6-16(7-5-13)23-17(24)12-10-14-2-1-3-15(11-12)18(14)25-8-9-26-18/h4-7,12,14-15H,1-3,8-11H2,(H,23,24)/t12?,14-,15+. The Balaban J connectivity index is 1.43. The average Bonchev–Trinajstić information content (AvgIpc) is 3.04. The number of carbonyl (C=O) groups excluding carboxylic acids is 1. The summed E-state index contributed by atoms with van der Waals surface area (Å²) in [6, 6.07) is 4.72. The second kappa shape index (κ2) is 6.97. The van der Waals surface area contributed by atoms with Gasteiger partial charge in [-0.15, -0.1) is 23.5 Å². The fourth-order valence-corrected chi connectivity index (χ4v) is 8.75. The molecule has 1 aromatic rings. The lowest BCUT2D eigenvalue weighted by Crippen LogP contribution is -2.48. The van der Waals surface area contributed by atoms with Gasteiger partial charge in [0.1, 0.15) is 0 Å². The van der Waals surface area contributed by atoms with Crippen molar-refractivity contribution in [2.45, 2.75) is 42.4 Å². The predicted molar refractivity (Wildman–Crippen MR) is 101 cm³/mol. The number of anilines is 1. The third kappa shape index (κ3) is 3.37. The highest BCUT2D eigenvalue weighted by molar-refractivity contribution is 8.21. The van der Waals surface area contributed by atoms with Crippen molar-refractivity contribution in [3.05, 3.63) is 29.8 Å². The molecule has 3 atom stereocenters. The Bertz CT molecular complexity index is 654. The van der Waals surface area contributed by atoms with Gasteiger partial charge in [0.25, 0.3) is 0 Å². The van der Waals surface area contributed by atoms with Crippen LogP contribution in [0.5, 0.6) is 0 Å². The van der Waals surface area contributed by atoms with Crippen LogP contribution >= 0.6 is 23.5 Å². The Hall–Kier alpha value is -0.820. The quantitative estimate of drug-likeness (QED) is 0.695. The van der Waals surface area contributed by atoms with Crippen molar-refractivity contribution in [2.24, 2.45) is 17.8 Å². The first-order chi connectivity index (χ1) is 12.4. The van der Waals surface area contributed by atoms with Crippen LogP contribution < -0.4 is 5.32 Å². The van der Waals surface area contributed by atoms with E-state index in [1.807, 2.05) is 0 Å². The van der Waals surface area contributed by atoms with Gasteiger partial charge in [0.05, 0.1) is 9.64 Å². The van der Waals surface area contributed by atoms with Crippen LogP contribution in [0.2, 0.25) is 0 Å². The Labute approximate surface area is 160 Å². The van der Waals surface area contributed by atoms with Gasteiger partial charge in [-0.2, -0.15) is 13.2 Å². The van der Waals surface area contributed by atoms with E-state index >= 15 is 0 Å². The number of halogens is 3. The summed E-state index contributed by atoms with van der Waals surface area (Å²) in [5.74, 6) is 3.51. The van der Waals surface area contributed by atoms with Crippen molar-refractivity contribution < 1.29 is 18.0 Å². The number of thioether (sulfide) groups is 2. The average molecular weight is 402 g/mol. The lowest BCUT2D eigenvalue weighted by Gasteiger charge is -2.52. The number of rotatable bonds is 2. The van der Waals surface area contributed by atoms with E-state index in [9.17, 15) is 18.0 Å². The number of hydrogen-bond acceptors (Lipinski definition) is 3. The third-order valence-electron chi connectivity index (χ3n) is 5.97. The normalized spacial score (nSPS) is 30.3. The maximum absolute atomic E-state index is 12.7. The van der Waals surface area contributed by atoms with Crippen LogP contribution in [0.25, 0.3) is 0 Å². The fourth-order valence-electron chi connectivity index (χ4n) is 4.81. The first-order valence-electron chi connectivity index (χ1n) is 9.14. The van der Waals surface area contributed by atoms with Gasteiger partial charge < -0.3 is 5.32 Å². The van der Waals surface area contributed by atoms with Crippen LogP contribution in [0.15, 0.2) is 24.3 Å². The van der Waals surface area contributed by atoms with E-state index in [4.69, 9.17) is 0 Å². The molecule has 7 heteroatoms. The van der Waals surface area contributed by atoms with Crippen molar-refractivity contribution in [3.63, 3.8) is 0 Å². The molecule has 1 saturated heterocycles. The molecule has 1 heterocycles. The van der Waals surface area contributed by atoms with Gasteiger partial charge in [0.2, 0.25) is 5.91 Å². The maximum Gasteiger partial charge on any atom is 0.416 e. The number of hydrogen-bond donors (Lipinski definition) is 1. The molecule has 0 aromatic heterocycles. The van der Waals surface area contributed by atoms with Crippen LogP contribution in [0.4, 0.5) is 18.9 Å². The molecule has 2 bridgehead atoms. The zero-order chi connectivity index (χ0) is 18.4. The minimum absolute atomic E-state index is 0.0278. The molecule has 1 unspecified atom stereocenters. The number of nitrogens with one attached hydrogen (secondary N) is 1. The van der Waals surface area contributed by atoms with Crippen LogP contribution in [0.3, 0.4) is 0 Å². The van der Waals surface area contributed by atoms with Gasteiger partial charge in [-0.3, -0.25) is 4.79 Å². The zero-order valence-electron chi connectivity index (χ0n) is 14.3. The van der Waals surface area contributed by atoms with Crippen LogP contribution in [0, 0.1) is 17.8 Å². The Morgan fingerprint density at radius 2 is 1.62 bits per heavy atom. The largest absolute Gasteiger partial charge is 0.416 e. The number of amides is 1. The molecule has 2 saturated carbocycles. The lowest BCUT2D eigenvalue weighted by molar-refractivity contribution is -0.137. The molecule has 1 N–H and O–H groups in total. The second-order valence-electron chi connectivity index (χ2n) is 7.48. The monoisotopic (exact) mass is 401 g/mol. The van der Waals surface area contributed by atoms with E-state index in [2.05, 4.69) is 28.8 Å². The molecule has 26 heavy (non-hydrogen) atoms. The van der Waals surface area contributed by atoms with Crippen molar-refractivity contribution in [1.82, 2.24) is 0 Å². The summed E-state index contributed by atoms with van der Waals surface area (Å²) >= 11 is 4.21. The zero-order valence-corrected chi connectivity index (χ0v) is 16.0. The van der Waals surface area contributed by atoms with Crippen molar-refractivity contribution in [1.29, 1.82) is 0 Å². The Kier molecular flexibility index (Phi) is 4.97. The summed E-state index contributed by atoms with van der Waals surface area (Å²) in [7, 11) is 0. The van der Waals surface area contributed by atoms with Crippen LogP contribution in [0.1, 0.15) is 37.7 Å². The maximum atomic E-state index is 12.7. The molecule has 1 aromatic carbocycles. The molecule has 1 spiro atoms. The number of benzene rings is 1. The lowest BCUT2D eigenvalue weighted by atomic mass is 9.67. The third-order valence-corrected chi connectivity index (χ3v) is 9.99. The molecule has 1 amide bonds. The molecule has 2 aliphatic carbocycles. The summed E-state index contributed by atoms with van der Waals surface area (Å²) in [4.78, 5) is 12.7. The van der Waals surface area contributed by atoms with Gasteiger partial charge in [0.15, 0.2) is 0 Å². The van der Waals surface area contributed by atoms with E-state index in [-0.39, 0.29) is 11.8 Å². The van der Waals surface area contributed by atoms with Gasteiger partial charge in [0, 0.05) is 23.1 Å². The van der Waals surface area contributed by atoms with Crippen LogP contribution in [-0.4, -0.2) is 21.5 Å². The molecule has 1 aliphatic heterocycles. The highest BCUT2D eigenvalue weighted by Gasteiger charge is 2.55. The molecular weight excluding hydrogens is 379 g/mol. The summed E-state index contributed by atoms with van der Waals surface area (Å²) in [5.41, 5.74) is -0.252. The van der Waals surface area contributed by atoms with Gasteiger partial charge in [-0.25, -0.2) is 0 Å². The fraction of sp³-hybridized carbons (Fsp3) is 0.632. The highest BCUT2D eigenvalue weighted by atomic mass is 32.2. The summed E-state index contributed by atoms with van der Waals surface area (Å²) in [6.45, 7) is 0.